The molecule has 0 saturated carbocycles. The van der Waals surface area contributed by atoms with E-state index in [0.29, 0.717) is 5.75 Å². The maximum Gasteiger partial charge on any atom is 0.344 e. The molecule has 1 atom stereocenters. The summed E-state index contributed by atoms with van der Waals surface area (Å²) < 4.78 is 18.3. The average Bonchev–Trinajstić information content (AvgIpc) is 3.42. The van der Waals surface area contributed by atoms with Crippen LogP contribution in [0.1, 0.15) is 25.0 Å². The Bertz CT molecular complexity index is 2440. The monoisotopic (exact) mass is 792 g/mol. The topological polar surface area (TPSA) is 134 Å². The Kier molecular flexibility index (Phi) is 10.0. The number of benzene rings is 6. The molecule has 58 heavy (non-hydrogen) atoms. The number of nitro groups is 2. The van der Waals surface area contributed by atoms with Crippen LogP contribution in [0.2, 0.25) is 0 Å². The van der Waals surface area contributed by atoms with Crippen molar-refractivity contribution in [3.8, 4) is 11.5 Å². The fourth-order valence-electron chi connectivity index (χ4n) is 8.25. The molecule has 0 amide bonds. The molecule has 0 radical (unpaired) electrons. The number of non-ortho nitro benzene ring substituents is 1. The number of ether oxygens (including phenoxy) is 3. The standard InChI is InChI=1S/C46H39N3O8P/c1-45(2)40-20-12-13-21-41(40)47(46(45)27-26-33-30-34(48(51)52)31-42(49(53)54)44(33)57-46)28-29-55-43(50)32-56-35-22-24-39(25-23-35)58(36-14-6-3-7-15-36,37-16-8-4-9-17-37)38-18-10-5-11-19-38/h3-27,30-31H,28-29,32H2,1-2H3/q+1. The lowest BCUT2D eigenvalue weighted by Gasteiger charge is -2.46. The fraction of sp³-hybridized carbons (Fsp3) is 0.152. The number of fused-ring (bicyclic) bond motifs is 2. The quantitative estimate of drug-likeness (QED) is 0.0531. The SMILES string of the molecule is CC1(C)c2ccccc2N(CCOC(=O)COc2ccc([P+](c3ccccc3)(c3ccccc3)c3ccccc3)cc2)C12C=Cc1cc([N+](=O)[O-])cc([N+](=O)[O-])c1O2. The fourth-order valence-corrected chi connectivity index (χ4v) is 12.5. The van der Waals surface area contributed by atoms with Crippen molar-refractivity contribution < 1.29 is 28.9 Å². The Hall–Kier alpha value is -6.84. The number of esters is 1. The molecule has 0 bridgehead atoms. The number of anilines is 1. The average molecular weight is 793 g/mol. The van der Waals surface area contributed by atoms with Crippen molar-refractivity contribution in [1.29, 1.82) is 0 Å². The van der Waals surface area contributed by atoms with Crippen molar-refractivity contribution in [3.63, 3.8) is 0 Å². The van der Waals surface area contributed by atoms with Crippen molar-refractivity contribution in [3.05, 3.63) is 189 Å². The lowest BCUT2D eigenvalue weighted by Crippen LogP contribution is -2.60. The molecule has 0 aromatic heterocycles. The van der Waals surface area contributed by atoms with Crippen molar-refractivity contribution in [2.24, 2.45) is 0 Å². The molecule has 0 fully saturated rings. The predicted octanol–water partition coefficient (Wildman–Crippen LogP) is 7.64. The van der Waals surface area contributed by atoms with E-state index in [0.717, 1.165) is 22.6 Å². The lowest BCUT2D eigenvalue weighted by atomic mass is 9.76. The highest BCUT2D eigenvalue weighted by Crippen LogP contribution is 2.57. The van der Waals surface area contributed by atoms with Crippen molar-refractivity contribution in [2.75, 3.05) is 24.7 Å². The van der Waals surface area contributed by atoms with Crippen LogP contribution in [0.5, 0.6) is 11.5 Å². The Morgan fingerprint density at radius 3 is 1.84 bits per heavy atom. The maximum absolute atomic E-state index is 13.1. The van der Waals surface area contributed by atoms with Gasteiger partial charge in [0.25, 0.3) is 5.69 Å². The summed E-state index contributed by atoms with van der Waals surface area (Å²) in [6.45, 7) is 3.74. The molecule has 12 heteroatoms. The number of hydrogen-bond acceptors (Lipinski definition) is 9. The second-order valence-electron chi connectivity index (χ2n) is 14.5. The van der Waals surface area contributed by atoms with Gasteiger partial charge in [-0.3, -0.25) is 20.2 Å². The zero-order valence-corrected chi connectivity index (χ0v) is 32.7. The molecule has 2 heterocycles. The number of hydrogen-bond donors (Lipinski definition) is 0. The Morgan fingerprint density at radius 2 is 1.28 bits per heavy atom. The molecular formula is C46H39N3O8P+. The normalized spacial score (nSPS) is 16.2. The summed E-state index contributed by atoms with van der Waals surface area (Å²) in [6.07, 6.45) is 3.39. The zero-order valence-electron chi connectivity index (χ0n) is 31.8. The molecule has 2 aliphatic heterocycles. The smallest absolute Gasteiger partial charge is 0.344 e. The molecule has 6 aromatic rings. The van der Waals surface area contributed by atoms with Gasteiger partial charge in [-0.15, -0.1) is 0 Å². The van der Waals surface area contributed by atoms with E-state index in [1.165, 1.54) is 22.0 Å². The Morgan fingerprint density at radius 1 is 0.724 bits per heavy atom. The zero-order chi connectivity index (χ0) is 40.5. The van der Waals surface area contributed by atoms with Crippen LogP contribution in [0.25, 0.3) is 6.08 Å². The molecule has 290 valence electrons. The molecular weight excluding hydrogens is 753 g/mol. The van der Waals surface area contributed by atoms with E-state index in [1.54, 1.807) is 12.2 Å². The van der Waals surface area contributed by atoms with Crippen LogP contribution in [0.4, 0.5) is 17.1 Å². The summed E-state index contributed by atoms with van der Waals surface area (Å²) in [5.74, 6) is -0.127. The molecule has 11 nitrogen and oxygen atoms in total. The lowest BCUT2D eigenvalue weighted by molar-refractivity contribution is -0.395. The highest BCUT2D eigenvalue weighted by Gasteiger charge is 2.59. The molecule has 8 rings (SSSR count). The largest absolute Gasteiger partial charge is 0.482 e. The minimum atomic E-state index is -2.30. The Balaban J connectivity index is 1.00. The molecule has 1 spiro atoms. The van der Waals surface area contributed by atoms with E-state index >= 15 is 0 Å². The van der Waals surface area contributed by atoms with E-state index in [-0.39, 0.29) is 31.1 Å². The van der Waals surface area contributed by atoms with Crippen LogP contribution in [-0.2, 0) is 14.9 Å². The van der Waals surface area contributed by atoms with Gasteiger partial charge in [-0.1, -0.05) is 72.8 Å². The van der Waals surface area contributed by atoms with Crippen LogP contribution in [-0.4, -0.2) is 41.3 Å². The highest BCUT2D eigenvalue weighted by atomic mass is 31.2. The second kappa shape index (κ2) is 15.2. The molecule has 6 aromatic carbocycles. The van der Waals surface area contributed by atoms with Crippen LogP contribution in [0.15, 0.2) is 158 Å². The highest BCUT2D eigenvalue weighted by molar-refractivity contribution is 8.01. The van der Waals surface area contributed by atoms with E-state index in [2.05, 4.69) is 84.9 Å². The number of nitro benzene ring substituents is 2. The van der Waals surface area contributed by atoms with Crippen molar-refractivity contribution in [2.45, 2.75) is 25.0 Å². The van der Waals surface area contributed by atoms with E-state index in [1.807, 2.05) is 73.3 Å². The first kappa shape index (κ1) is 38.1. The third-order valence-electron chi connectivity index (χ3n) is 11.0. The summed E-state index contributed by atoms with van der Waals surface area (Å²) in [5, 5.41) is 28.5. The minimum absolute atomic E-state index is 0.0437. The van der Waals surface area contributed by atoms with Gasteiger partial charge >= 0.3 is 11.7 Å². The maximum atomic E-state index is 13.1. The third kappa shape index (κ3) is 6.43. The molecule has 0 saturated heterocycles. The van der Waals surface area contributed by atoms with E-state index in [4.69, 9.17) is 14.2 Å². The summed E-state index contributed by atoms with van der Waals surface area (Å²) in [6, 6.07) is 49.4. The van der Waals surface area contributed by atoms with Gasteiger partial charge in [0.15, 0.2) is 6.61 Å². The third-order valence-corrected chi connectivity index (χ3v) is 15.3. The molecule has 0 N–H and O–H groups in total. The van der Waals surface area contributed by atoms with Crippen LogP contribution in [0, 0.1) is 20.2 Å². The van der Waals surface area contributed by atoms with E-state index < -0.39 is 45.6 Å². The number of carbonyl (C=O) groups is 1. The minimum Gasteiger partial charge on any atom is -0.482 e. The van der Waals surface area contributed by atoms with Gasteiger partial charge in [0, 0.05) is 17.3 Å². The van der Waals surface area contributed by atoms with Crippen LogP contribution < -0.4 is 35.6 Å². The van der Waals surface area contributed by atoms with Crippen molar-refractivity contribution in [1.82, 2.24) is 0 Å². The molecule has 1 unspecified atom stereocenters. The van der Waals surface area contributed by atoms with E-state index in [9.17, 15) is 25.0 Å². The first-order valence-electron chi connectivity index (χ1n) is 18.7. The summed E-state index contributed by atoms with van der Waals surface area (Å²) in [7, 11) is -2.30. The summed E-state index contributed by atoms with van der Waals surface area (Å²) in [5.41, 5.74) is -1.01. The predicted molar refractivity (Wildman–Crippen MR) is 227 cm³/mol. The second-order valence-corrected chi connectivity index (χ2v) is 17.9. The van der Waals surface area contributed by atoms with Gasteiger partial charge in [-0.2, -0.15) is 0 Å². The first-order valence-corrected chi connectivity index (χ1v) is 20.5. The Labute approximate surface area is 335 Å². The van der Waals surface area contributed by atoms with Crippen LogP contribution in [0.3, 0.4) is 0 Å². The van der Waals surface area contributed by atoms with Gasteiger partial charge in [-0.05, 0) is 98.3 Å². The van der Waals surface area contributed by atoms with Gasteiger partial charge in [0.1, 0.15) is 40.8 Å². The molecule has 2 aliphatic rings. The number of rotatable bonds is 12. The van der Waals surface area contributed by atoms with Crippen LogP contribution >= 0.6 is 7.26 Å². The van der Waals surface area contributed by atoms with Crippen molar-refractivity contribution >= 4 is 57.6 Å². The van der Waals surface area contributed by atoms with Gasteiger partial charge in [0.05, 0.1) is 27.9 Å². The number of para-hydroxylation sites is 1. The number of carbonyl (C=O) groups excluding carboxylic acids is 1. The number of nitrogens with zero attached hydrogens (tertiary/aromatic N) is 3. The summed E-state index contributed by atoms with van der Waals surface area (Å²) >= 11 is 0. The first-order chi connectivity index (χ1) is 28.1. The molecule has 0 aliphatic carbocycles. The summed E-state index contributed by atoms with van der Waals surface area (Å²) in [4.78, 5) is 37.4. The van der Waals surface area contributed by atoms with Gasteiger partial charge in [0.2, 0.25) is 11.5 Å². The van der Waals surface area contributed by atoms with Gasteiger partial charge in [-0.25, -0.2) is 4.79 Å². The van der Waals surface area contributed by atoms with Gasteiger partial charge < -0.3 is 19.1 Å².